The standard InChI is InChI=1S/C18H14ClN5O4S2/c19-14-4-2-1-3-12(14)9-20-15(25)10-29-18-23-22-17(30-18)21-16(26)11-5-7-13(8-6-11)24(27)28/h1-8H,9-10H2,(H,20,25)(H,21,22,26). The van der Waals surface area contributed by atoms with Gasteiger partial charge in [-0.2, -0.15) is 0 Å². The average molecular weight is 464 g/mol. The minimum atomic E-state index is -0.541. The predicted molar refractivity (Wildman–Crippen MR) is 115 cm³/mol. The van der Waals surface area contributed by atoms with Gasteiger partial charge in [-0.05, 0) is 23.8 Å². The molecule has 0 fully saturated rings. The molecule has 30 heavy (non-hydrogen) atoms. The van der Waals surface area contributed by atoms with Crippen molar-refractivity contribution >= 4 is 57.3 Å². The van der Waals surface area contributed by atoms with Gasteiger partial charge < -0.3 is 5.32 Å². The number of benzene rings is 2. The number of anilines is 1. The van der Waals surface area contributed by atoms with Crippen LogP contribution in [0.1, 0.15) is 15.9 Å². The van der Waals surface area contributed by atoms with E-state index in [0.717, 1.165) is 16.9 Å². The molecule has 0 aliphatic carbocycles. The summed E-state index contributed by atoms with van der Waals surface area (Å²) in [5.74, 6) is -0.517. The Labute approximate surface area is 184 Å². The van der Waals surface area contributed by atoms with Gasteiger partial charge in [0.05, 0.1) is 10.7 Å². The van der Waals surface area contributed by atoms with E-state index >= 15 is 0 Å². The molecule has 1 aromatic heterocycles. The lowest BCUT2D eigenvalue weighted by atomic mass is 10.2. The number of non-ortho nitro benzene ring substituents is 1. The Kier molecular flexibility index (Phi) is 7.33. The van der Waals surface area contributed by atoms with Gasteiger partial charge in [0.15, 0.2) is 4.34 Å². The Morgan fingerprint density at radius 3 is 2.57 bits per heavy atom. The molecule has 0 bridgehead atoms. The third-order valence-corrected chi connectivity index (χ3v) is 6.07. The minimum absolute atomic E-state index is 0.103. The maximum Gasteiger partial charge on any atom is 0.269 e. The number of aromatic nitrogens is 2. The topological polar surface area (TPSA) is 127 Å². The Bertz CT molecular complexity index is 1070. The second kappa shape index (κ2) is 10.1. The number of halogens is 1. The Hall–Kier alpha value is -3.02. The first-order valence-electron chi connectivity index (χ1n) is 8.44. The molecule has 9 nitrogen and oxygen atoms in total. The molecule has 2 N–H and O–H groups in total. The summed E-state index contributed by atoms with van der Waals surface area (Å²) in [7, 11) is 0. The Balaban J connectivity index is 1.47. The first-order chi connectivity index (χ1) is 14.4. The summed E-state index contributed by atoms with van der Waals surface area (Å²) >= 11 is 8.37. The van der Waals surface area contributed by atoms with Crippen LogP contribution < -0.4 is 10.6 Å². The lowest BCUT2D eigenvalue weighted by Crippen LogP contribution is -2.24. The smallest absolute Gasteiger partial charge is 0.269 e. The van der Waals surface area contributed by atoms with Gasteiger partial charge in [0.2, 0.25) is 11.0 Å². The van der Waals surface area contributed by atoms with Crippen LogP contribution in [-0.4, -0.2) is 32.7 Å². The van der Waals surface area contributed by atoms with E-state index in [-0.39, 0.29) is 28.0 Å². The third kappa shape index (κ3) is 5.99. The maximum absolute atomic E-state index is 12.2. The molecule has 12 heteroatoms. The van der Waals surface area contributed by atoms with Crippen LogP contribution >= 0.6 is 34.7 Å². The van der Waals surface area contributed by atoms with Crippen LogP contribution in [0.25, 0.3) is 0 Å². The van der Waals surface area contributed by atoms with E-state index in [1.54, 1.807) is 6.07 Å². The van der Waals surface area contributed by atoms with Crippen molar-refractivity contribution in [2.75, 3.05) is 11.1 Å². The second-order valence-electron chi connectivity index (χ2n) is 5.79. The molecule has 3 rings (SSSR count). The van der Waals surface area contributed by atoms with Crippen LogP contribution in [0.4, 0.5) is 10.8 Å². The molecule has 0 spiro atoms. The average Bonchev–Trinajstić information content (AvgIpc) is 3.19. The minimum Gasteiger partial charge on any atom is -0.351 e. The lowest BCUT2D eigenvalue weighted by Gasteiger charge is -2.05. The number of nitro groups is 1. The molecule has 0 saturated heterocycles. The van der Waals surface area contributed by atoms with Gasteiger partial charge in [0, 0.05) is 29.3 Å². The summed E-state index contributed by atoms with van der Waals surface area (Å²) in [5.41, 5.74) is 0.975. The largest absolute Gasteiger partial charge is 0.351 e. The summed E-state index contributed by atoms with van der Waals surface area (Å²) in [6.07, 6.45) is 0. The molecule has 0 radical (unpaired) electrons. The molecule has 1 heterocycles. The van der Waals surface area contributed by atoms with Gasteiger partial charge in [-0.3, -0.25) is 25.0 Å². The molecular formula is C18H14ClN5O4S2. The first kappa shape index (κ1) is 21.7. The highest BCUT2D eigenvalue weighted by Gasteiger charge is 2.13. The number of nitrogens with one attached hydrogen (secondary N) is 2. The van der Waals surface area contributed by atoms with E-state index in [4.69, 9.17) is 11.6 Å². The van der Waals surface area contributed by atoms with E-state index in [2.05, 4.69) is 20.8 Å². The summed E-state index contributed by atoms with van der Waals surface area (Å²) in [6.45, 7) is 0.325. The molecule has 0 aliphatic heterocycles. The van der Waals surface area contributed by atoms with Gasteiger partial charge in [0.25, 0.3) is 11.6 Å². The van der Waals surface area contributed by atoms with Crippen LogP contribution in [0.15, 0.2) is 52.9 Å². The molecular weight excluding hydrogens is 450 g/mol. The van der Waals surface area contributed by atoms with E-state index < -0.39 is 10.8 Å². The predicted octanol–water partition coefficient (Wildman–Crippen LogP) is 3.76. The molecule has 154 valence electrons. The van der Waals surface area contributed by atoms with Crippen molar-refractivity contribution in [2.24, 2.45) is 0 Å². The second-order valence-corrected chi connectivity index (χ2v) is 8.40. The molecule has 2 aromatic carbocycles. The van der Waals surface area contributed by atoms with E-state index in [1.807, 2.05) is 18.2 Å². The maximum atomic E-state index is 12.2. The number of rotatable bonds is 8. The van der Waals surface area contributed by atoms with Crippen LogP contribution in [0.5, 0.6) is 0 Å². The zero-order chi connectivity index (χ0) is 21.5. The highest BCUT2D eigenvalue weighted by atomic mass is 35.5. The number of carbonyl (C=O) groups is 2. The summed E-state index contributed by atoms with van der Waals surface area (Å²) in [6, 6.07) is 12.5. The number of hydrogen-bond donors (Lipinski definition) is 2. The molecule has 0 unspecified atom stereocenters. The van der Waals surface area contributed by atoms with Crippen molar-refractivity contribution in [2.45, 2.75) is 10.9 Å². The number of thioether (sulfide) groups is 1. The summed E-state index contributed by atoms with van der Waals surface area (Å²) in [5, 5.41) is 24.7. The van der Waals surface area contributed by atoms with Crippen LogP contribution in [0, 0.1) is 10.1 Å². The lowest BCUT2D eigenvalue weighted by molar-refractivity contribution is -0.384. The Morgan fingerprint density at radius 1 is 1.13 bits per heavy atom. The van der Waals surface area contributed by atoms with Crippen molar-refractivity contribution in [3.05, 3.63) is 74.8 Å². The molecule has 0 aliphatic rings. The van der Waals surface area contributed by atoms with Crippen molar-refractivity contribution in [3.63, 3.8) is 0 Å². The zero-order valence-electron chi connectivity index (χ0n) is 15.2. The van der Waals surface area contributed by atoms with E-state index in [0.29, 0.717) is 15.9 Å². The van der Waals surface area contributed by atoms with Gasteiger partial charge in [-0.1, -0.05) is 52.9 Å². The highest BCUT2D eigenvalue weighted by molar-refractivity contribution is 8.01. The quantitative estimate of drug-likeness (QED) is 0.225. The van der Waals surface area contributed by atoms with Crippen molar-refractivity contribution in [1.82, 2.24) is 15.5 Å². The molecule has 2 amide bonds. The summed E-state index contributed by atoms with van der Waals surface area (Å²) in [4.78, 5) is 34.3. The van der Waals surface area contributed by atoms with Crippen molar-refractivity contribution in [3.8, 4) is 0 Å². The van der Waals surface area contributed by atoms with E-state index in [9.17, 15) is 19.7 Å². The van der Waals surface area contributed by atoms with Gasteiger partial charge >= 0.3 is 0 Å². The zero-order valence-corrected chi connectivity index (χ0v) is 17.6. The third-order valence-electron chi connectivity index (χ3n) is 3.73. The Morgan fingerprint density at radius 2 is 1.87 bits per heavy atom. The molecule has 0 saturated carbocycles. The normalized spacial score (nSPS) is 10.4. The van der Waals surface area contributed by atoms with E-state index in [1.165, 1.54) is 36.0 Å². The number of nitrogens with zero attached hydrogens (tertiary/aromatic N) is 3. The fraction of sp³-hybridized carbons (Fsp3) is 0.111. The van der Waals surface area contributed by atoms with Crippen molar-refractivity contribution < 1.29 is 14.5 Å². The van der Waals surface area contributed by atoms with Gasteiger partial charge in [0.1, 0.15) is 0 Å². The van der Waals surface area contributed by atoms with Crippen LogP contribution in [0.3, 0.4) is 0 Å². The number of nitro benzene ring substituents is 1. The van der Waals surface area contributed by atoms with Crippen molar-refractivity contribution in [1.29, 1.82) is 0 Å². The van der Waals surface area contributed by atoms with Crippen LogP contribution in [-0.2, 0) is 11.3 Å². The fourth-order valence-corrected chi connectivity index (χ4v) is 4.02. The highest BCUT2D eigenvalue weighted by Crippen LogP contribution is 2.26. The van der Waals surface area contributed by atoms with Gasteiger partial charge in [-0.25, -0.2) is 0 Å². The first-order valence-corrected chi connectivity index (χ1v) is 10.6. The molecule has 3 aromatic rings. The fourth-order valence-electron chi connectivity index (χ4n) is 2.24. The summed E-state index contributed by atoms with van der Waals surface area (Å²) < 4.78 is 0.516. The number of hydrogen-bond acceptors (Lipinski definition) is 8. The number of carbonyl (C=O) groups excluding carboxylic acids is 2. The SMILES string of the molecule is O=C(CSc1nnc(NC(=O)c2ccc([N+](=O)[O-])cc2)s1)NCc1ccccc1Cl. The molecule has 0 atom stereocenters. The van der Waals surface area contributed by atoms with Crippen LogP contribution in [0.2, 0.25) is 5.02 Å². The monoisotopic (exact) mass is 463 g/mol. The van der Waals surface area contributed by atoms with Gasteiger partial charge in [-0.15, -0.1) is 10.2 Å². The number of amides is 2.